The van der Waals surface area contributed by atoms with Crippen molar-refractivity contribution < 1.29 is 19.7 Å². The Kier molecular flexibility index (Phi) is 8.80. The first-order valence-electron chi connectivity index (χ1n) is 6.56. The van der Waals surface area contributed by atoms with E-state index in [1.54, 1.807) is 7.11 Å². The Bertz CT molecular complexity index is 378. The van der Waals surface area contributed by atoms with Gasteiger partial charge in [0.2, 0.25) is 0 Å². The fourth-order valence-electron chi connectivity index (χ4n) is 1.62. The van der Waals surface area contributed by atoms with Gasteiger partial charge in [-0.15, -0.1) is 0 Å². The standard InChI is InChI=1S/C14H22BrNO4/c1-19-9-12(17)5-6-16-8-13(18)10-20-14-4-2-3-11(15)7-14/h2-4,7,12-13,16-18H,5-6,8-10H2,1H3. The second-order valence-corrected chi connectivity index (χ2v) is 5.44. The quantitative estimate of drug-likeness (QED) is 0.554. The van der Waals surface area contributed by atoms with Gasteiger partial charge < -0.3 is 25.0 Å². The zero-order valence-electron chi connectivity index (χ0n) is 11.6. The van der Waals surface area contributed by atoms with E-state index in [9.17, 15) is 10.2 Å². The van der Waals surface area contributed by atoms with Gasteiger partial charge in [-0.05, 0) is 31.2 Å². The minimum Gasteiger partial charge on any atom is -0.491 e. The molecule has 20 heavy (non-hydrogen) atoms. The fraction of sp³-hybridized carbons (Fsp3) is 0.571. The fourth-order valence-corrected chi connectivity index (χ4v) is 2.00. The first-order valence-corrected chi connectivity index (χ1v) is 7.35. The maximum absolute atomic E-state index is 9.76. The summed E-state index contributed by atoms with van der Waals surface area (Å²) in [5.41, 5.74) is 0. The lowest BCUT2D eigenvalue weighted by Gasteiger charge is -2.14. The molecule has 0 aliphatic rings. The lowest BCUT2D eigenvalue weighted by Crippen LogP contribution is -2.33. The molecule has 0 heterocycles. The molecule has 0 aromatic heterocycles. The van der Waals surface area contributed by atoms with Crippen LogP contribution >= 0.6 is 15.9 Å². The van der Waals surface area contributed by atoms with E-state index in [0.717, 1.165) is 4.47 Å². The molecule has 3 N–H and O–H groups in total. The highest BCUT2D eigenvalue weighted by Gasteiger charge is 2.07. The SMILES string of the molecule is COCC(O)CCNCC(O)COc1cccc(Br)c1. The smallest absolute Gasteiger partial charge is 0.120 e. The van der Waals surface area contributed by atoms with Crippen molar-refractivity contribution in [2.45, 2.75) is 18.6 Å². The molecular weight excluding hydrogens is 326 g/mol. The Morgan fingerprint density at radius 1 is 1.25 bits per heavy atom. The summed E-state index contributed by atoms with van der Waals surface area (Å²) in [5, 5.41) is 22.3. The van der Waals surface area contributed by atoms with Gasteiger partial charge in [0.25, 0.3) is 0 Å². The summed E-state index contributed by atoms with van der Waals surface area (Å²) in [7, 11) is 1.56. The van der Waals surface area contributed by atoms with E-state index >= 15 is 0 Å². The molecule has 1 aromatic carbocycles. The minimum absolute atomic E-state index is 0.226. The van der Waals surface area contributed by atoms with Gasteiger partial charge in [0, 0.05) is 18.1 Å². The van der Waals surface area contributed by atoms with Crippen molar-refractivity contribution in [2.75, 3.05) is 33.4 Å². The van der Waals surface area contributed by atoms with E-state index < -0.39 is 12.2 Å². The van der Waals surface area contributed by atoms with Crippen LogP contribution < -0.4 is 10.1 Å². The highest BCUT2D eigenvalue weighted by atomic mass is 79.9. The number of ether oxygens (including phenoxy) is 2. The summed E-state index contributed by atoms with van der Waals surface area (Å²) >= 11 is 3.36. The molecule has 0 bridgehead atoms. The first-order chi connectivity index (χ1) is 9.61. The van der Waals surface area contributed by atoms with Crippen molar-refractivity contribution in [3.63, 3.8) is 0 Å². The molecule has 1 rings (SSSR count). The number of hydrogen-bond acceptors (Lipinski definition) is 5. The van der Waals surface area contributed by atoms with Gasteiger partial charge in [-0.25, -0.2) is 0 Å². The third-order valence-corrected chi connectivity index (χ3v) is 3.13. The second-order valence-electron chi connectivity index (χ2n) is 4.52. The number of aliphatic hydroxyl groups excluding tert-OH is 2. The number of methoxy groups -OCH3 is 1. The Morgan fingerprint density at radius 3 is 2.75 bits per heavy atom. The Hall–Kier alpha value is -0.660. The van der Waals surface area contributed by atoms with Crippen molar-refractivity contribution in [3.05, 3.63) is 28.7 Å². The van der Waals surface area contributed by atoms with Gasteiger partial charge in [0.05, 0.1) is 12.7 Å². The maximum atomic E-state index is 9.76. The second kappa shape index (κ2) is 10.1. The molecule has 0 saturated heterocycles. The van der Waals surface area contributed by atoms with E-state index in [4.69, 9.17) is 9.47 Å². The largest absolute Gasteiger partial charge is 0.491 e. The number of rotatable bonds is 10. The third-order valence-electron chi connectivity index (χ3n) is 2.63. The molecule has 0 radical (unpaired) electrons. The van der Waals surface area contributed by atoms with Gasteiger partial charge in [0.15, 0.2) is 0 Å². The van der Waals surface area contributed by atoms with Crippen molar-refractivity contribution >= 4 is 15.9 Å². The molecule has 0 aliphatic heterocycles. The van der Waals surface area contributed by atoms with Crippen LogP contribution in [-0.4, -0.2) is 55.8 Å². The molecule has 0 amide bonds. The number of hydrogen-bond donors (Lipinski definition) is 3. The van der Waals surface area contributed by atoms with Crippen molar-refractivity contribution in [3.8, 4) is 5.75 Å². The average Bonchev–Trinajstić information content (AvgIpc) is 2.42. The summed E-state index contributed by atoms with van der Waals surface area (Å²) in [6, 6.07) is 7.48. The normalized spacial score (nSPS) is 14.0. The minimum atomic E-state index is -0.589. The molecule has 0 aliphatic carbocycles. The topological polar surface area (TPSA) is 71.0 Å². The lowest BCUT2D eigenvalue weighted by molar-refractivity contribution is 0.0577. The van der Waals surface area contributed by atoms with Crippen LogP contribution in [0.25, 0.3) is 0 Å². The number of benzene rings is 1. The van der Waals surface area contributed by atoms with Crippen LogP contribution in [0.5, 0.6) is 5.75 Å². The van der Waals surface area contributed by atoms with Crippen molar-refractivity contribution in [1.82, 2.24) is 5.32 Å². The highest BCUT2D eigenvalue weighted by Crippen LogP contribution is 2.17. The van der Waals surface area contributed by atoms with Crippen LogP contribution in [0.1, 0.15) is 6.42 Å². The monoisotopic (exact) mass is 347 g/mol. The predicted octanol–water partition coefficient (Wildman–Crippen LogP) is 1.18. The van der Waals surface area contributed by atoms with Crippen LogP contribution in [0.2, 0.25) is 0 Å². The number of halogens is 1. The van der Waals surface area contributed by atoms with Gasteiger partial charge in [-0.1, -0.05) is 22.0 Å². The third kappa shape index (κ3) is 7.81. The van der Waals surface area contributed by atoms with Gasteiger partial charge in [0.1, 0.15) is 18.5 Å². The summed E-state index contributed by atoms with van der Waals surface area (Å²) < 4.78 is 11.2. The number of aliphatic hydroxyl groups is 2. The van der Waals surface area contributed by atoms with Crippen LogP contribution in [0, 0.1) is 0 Å². The number of nitrogens with one attached hydrogen (secondary N) is 1. The lowest BCUT2D eigenvalue weighted by atomic mass is 10.2. The molecule has 114 valence electrons. The van der Waals surface area contributed by atoms with Crippen LogP contribution in [0.4, 0.5) is 0 Å². The molecule has 0 saturated carbocycles. The van der Waals surface area contributed by atoms with E-state index in [-0.39, 0.29) is 6.61 Å². The van der Waals surface area contributed by atoms with Gasteiger partial charge in [-0.2, -0.15) is 0 Å². The predicted molar refractivity (Wildman–Crippen MR) is 81.0 cm³/mol. The molecule has 0 spiro atoms. The average molecular weight is 348 g/mol. The van der Waals surface area contributed by atoms with E-state index in [1.165, 1.54) is 0 Å². The zero-order chi connectivity index (χ0) is 14.8. The van der Waals surface area contributed by atoms with E-state index in [0.29, 0.717) is 31.9 Å². The summed E-state index contributed by atoms with van der Waals surface area (Å²) in [6.45, 7) is 1.60. The van der Waals surface area contributed by atoms with E-state index in [2.05, 4.69) is 21.2 Å². The van der Waals surface area contributed by atoms with Crippen molar-refractivity contribution in [2.24, 2.45) is 0 Å². The van der Waals surface area contributed by atoms with Crippen LogP contribution in [0.3, 0.4) is 0 Å². The Labute approximate surface area is 128 Å². The van der Waals surface area contributed by atoms with Gasteiger partial charge >= 0.3 is 0 Å². The molecule has 1 aromatic rings. The zero-order valence-corrected chi connectivity index (χ0v) is 13.2. The molecule has 5 nitrogen and oxygen atoms in total. The maximum Gasteiger partial charge on any atom is 0.120 e. The van der Waals surface area contributed by atoms with Crippen molar-refractivity contribution in [1.29, 1.82) is 0 Å². The van der Waals surface area contributed by atoms with E-state index in [1.807, 2.05) is 24.3 Å². The molecule has 0 fully saturated rings. The Morgan fingerprint density at radius 2 is 2.05 bits per heavy atom. The summed E-state index contributed by atoms with van der Waals surface area (Å²) in [5.74, 6) is 0.717. The Balaban J connectivity index is 2.10. The summed E-state index contributed by atoms with van der Waals surface area (Å²) in [4.78, 5) is 0. The molecule has 2 atom stereocenters. The first kappa shape index (κ1) is 17.4. The van der Waals surface area contributed by atoms with Gasteiger partial charge in [-0.3, -0.25) is 0 Å². The highest BCUT2D eigenvalue weighted by molar-refractivity contribution is 9.10. The molecule has 2 unspecified atom stereocenters. The van der Waals surface area contributed by atoms with Crippen LogP contribution in [-0.2, 0) is 4.74 Å². The molecular formula is C14H22BrNO4. The summed E-state index contributed by atoms with van der Waals surface area (Å²) in [6.07, 6.45) is -0.469. The van der Waals surface area contributed by atoms with Crippen LogP contribution in [0.15, 0.2) is 28.7 Å². The molecule has 6 heteroatoms.